The van der Waals surface area contributed by atoms with Gasteiger partial charge in [0.2, 0.25) is 0 Å². The van der Waals surface area contributed by atoms with Crippen LogP contribution in [0.1, 0.15) is 5.76 Å². The molecule has 1 aromatic carbocycles. The number of amides is 4. The van der Waals surface area contributed by atoms with Gasteiger partial charge in [0.25, 0.3) is 11.8 Å². The van der Waals surface area contributed by atoms with E-state index in [2.05, 4.69) is 21.2 Å². The molecule has 0 radical (unpaired) electrons. The van der Waals surface area contributed by atoms with Crippen molar-refractivity contribution in [2.45, 2.75) is 0 Å². The van der Waals surface area contributed by atoms with Crippen LogP contribution < -0.4 is 15.1 Å². The molecule has 8 nitrogen and oxygen atoms in total. The zero-order chi connectivity index (χ0) is 19.7. The van der Waals surface area contributed by atoms with Crippen LogP contribution in [0.5, 0.6) is 0 Å². The number of hydrogen-bond donors (Lipinski definition) is 1. The Morgan fingerprint density at radius 1 is 1.07 bits per heavy atom. The summed E-state index contributed by atoms with van der Waals surface area (Å²) in [5, 5.41) is 2.19. The molecule has 4 amide bonds. The fourth-order valence-corrected chi connectivity index (χ4v) is 3.41. The third kappa shape index (κ3) is 3.58. The van der Waals surface area contributed by atoms with Crippen LogP contribution in [0.4, 0.5) is 16.4 Å². The van der Waals surface area contributed by atoms with Crippen molar-refractivity contribution in [1.29, 1.82) is 0 Å². The van der Waals surface area contributed by atoms with E-state index in [1.54, 1.807) is 36.4 Å². The van der Waals surface area contributed by atoms with Gasteiger partial charge in [-0.15, -0.1) is 0 Å². The minimum absolute atomic E-state index is 0.178. The van der Waals surface area contributed by atoms with E-state index < -0.39 is 17.8 Å². The van der Waals surface area contributed by atoms with E-state index in [0.29, 0.717) is 48.1 Å². The molecule has 9 heteroatoms. The van der Waals surface area contributed by atoms with E-state index >= 15 is 0 Å². The number of urea groups is 1. The predicted molar refractivity (Wildman–Crippen MR) is 105 cm³/mol. The number of imide groups is 2. The van der Waals surface area contributed by atoms with Crippen molar-refractivity contribution in [2.24, 2.45) is 0 Å². The lowest BCUT2D eigenvalue weighted by atomic mass is 10.1. The van der Waals surface area contributed by atoms with Gasteiger partial charge in [0.15, 0.2) is 5.88 Å². The van der Waals surface area contributed by atoms with Crippen molar-refractivity contribution in [1.82, 2.24) is 5.32 Å². The van der Waals surface area contributed by atoms with Crippen LogP contribution in [0.25, 0.3) is 6.08 Å². The number of morpholine rings is 1. The monoisotopic (exact) mass is 445 g/mol. The zero-order valence-electron chi connectivity index (χ0n) is 14.7. The first-order valence-corrected chi connectivity index (χ1v) is 9.42. The largest absolute Gasteiger partial charge is 0.441 e. The lowest BCUT2D eigenvalue weighted by Crippen LogP contribution is -2.54. The number of barbiturate groups is 1. The van der Waals surface area contributed by atoms with E-state index in [-0.39, 0.29) is 5.57 Å². The SMILES string of the molecule is O=C1NC(=O)N(c2cccc(Br)c2)C(=O)/C1=C\c1ccc(N2CCOCC2)o1. The predicted octanol–water partition coefficient (Wildman–Crippen LogP) is 2.55. The average molecular weight is 446 g/mol. The second-order valence-electron chi connectivity index (χ2n) is 6.21. The smallest absolute Gasteiger partial charge is 0.335 e. The van der Waals surface area contributed by atoms with Crippen LogP contribution in [0.3, 0.4) is 0 Å². The molecule has 2 saturated heterocycles. The minimum Gasteiger partial charge on any atom is -0.441 e. The van der Waals surface area contributed by atoms with Crippen LogP contribution in [-0.4, -0.2) is 44.1 Å². The van der Waals surface area contributed by atoms with Crippen molar-refractivity contribution >= 4 is 51.4 Å². The van der Waals surface area contributed by atoms with Crippen LogP contribution >= 0.6 is 15.9 Å². The summed E-state index contributed by atoms with van der Waals surface area (Å²) < 4.78 is 11.8. The number of anilines is 2. The first-order chi connectivity index (χ1) is 13.5. The maximum atomic E-state index is 12.9. The molecule has 3 heterocycles. The van der Waals surface area contributed by atoms with Crippen molar-refractivity contribution in [3.05, 3.63) is 52.2 Å². The Morgan fingerprint density at radius 2 is 1.86 bits per heavy atom. The molecule has 2 fully saturated rings. The summed E-state index contributed by atoms with van der Waals surface area (Å²) in [6.07, 6.45) is 1.35. The highest BCUT2D eigenvalue weighted by Gasteiger charge is 2.37. The van der Waals surface area contributed by atoms with Gasteiger partial charge in [-0.1, -0.05) is 22.0 Å². The third-order valence-corrected chi connectivity index (χ3v) is 4.88. The van der Waals surface area contributed by atoms with Gasteiger partial charge in [0.05, 0.1) is 18.9 Å². The number of furan rings is 1. The van der Waals surface area contributed by atoms with Crippen molar-refractivity contribution < 1.29 is 23.5 Å². The third-order valence-electron chi connectivity index (χ3n) is 4.39. The Hall–Kier alpha value is -2.91. The minimum atomic E-state index is -0.793. The van der Waals surface area contributed by atoms with Gasteiger partial charge < -0.3 is 14.1 Å². The maximum absolute atomic E-state index is 12.9. The Morgan fingerprint density at radius 3 is 2.61 bits per heavy atom. The average Bonchev–Trinajstić information content (AvgIpc) is 3.14. The number of ether oxygens (including phenoxy) is 1. The molecule has 2 aliphatic rings. The summed E-state index contributed by atoms with van der Waals surface area (Å²) in [5.74, 6) is -0.482. The van der Waals surface area contributed by atoms with E-state index in [1.807, 2.05) is 4.90 Å². The molecule has 0 atom stereocenters. The number of rotatable bonds is 3. The van der Waals surface area contributed by atoms with Gasteiger partial charge in [0, 0.05) is 23.6 Å². The van der Waals surface area contributed by atoms with Gasteiger partial charge in [-0.05, 0) is 30.3 Å². The number of hydrogen-bond acceptors (Lipinski definition) is 6. The van der Waals surface area contributed by atoms with Crippen LogP contribution in [0, 0.1) is 0 Å². The summed E-state index contributed by atoms with van der Waals surface area (Å²) in [6.45, 7) is 2.63. The summed E-state index contributed by atoms with van der Waals surface area (Å²) in [5.41, 5.74) is 0.172. The molecule has 0 bridgehead atoms. The Labute approximate surface area is 168 Å². The number of nitrogens with zero attached hydrogens (tertiary/aromatic N) is 2. The Kier molecular flexibility index (Phi) is 5.01. The maximum Gasteiger partial charge on any atom is 0.335 e. The van der Waals surface area contributed by atoms with E-state index in [0.717, 1.165) is 4.90 Å². The highest BCUT2D eigenvalue weighted by Crippen LogP contribution is 2.26. The molecule has 0 spiro atoms. The molecule has 144 valence electrons. The van der Waals surface area contributed by atoms with E-state index in [9.17, 15) is 14.4 Å². The van der Waals surface area contributed by atoms with Crippen molar-refractivity contribution in [3.63, 3.8) is 0 Å². The second-order valence-corrected chi connectivity index (χ2v) is 7.13. The van der Waals surface area contributed by atoms with Gasteiger partial charge >= 0.3 is 6.03 Å². The number of benzene rings is 1. The number of halogens is 1. The number of nitrogens with one attached hydrogen (secondary N) is 1. The summed E-state index contributed by atoms with van der Waals surface area (Å²) in [6, 6.07) is 9.36. The van der Waals surface area contributed by atoms with Crippen molar-refractivity contribution in [3.8, 4) is 0 Å². The Balaban J connectivity index is 1.63. The lowest BCUT2D eigenvalue weighted by molar-refractivity contribution is -0.122. The Bertz CT molecular complexity index is 977. The highest BCUT2D eigenvalue weighted by molar-refractivity contribution is 9.10. The molecule has 1 aromatic heterocycles. The fourth-order valence-electron chi connectivity index (χ4n) is 3.02. The normalized spacial score (nSPS) is 19.3. The zero-order valence-corrected chi connectivity index (χ0v) is 16.3. The molecular weight excluding hydrogens is 430 g/mol. The van der Waals surface area contributed by atoms with Gasteiger partial charge in [-0.3, -0.25) is 14.9 Å². The van der Waals surface area contributed by atoms with Gasteiger partial charge in [0.1, 0.15) is 11.3 Å². The quantitative estimate of drug-likeness (QED) is 0.576. The summed E-state index contributed by atoms with van der Waals surface area (Å²) in [4.78, 5) is 40.3. The molecule has 4 rings (SSSR count). The number of carbonyl (C=O) groups is 3. The van der Waals surface area contributed by atoms with E-state index in [1.165, 1.54) is 6.08 Å². The lowest BCUT2D eigenvalue weighted by Gasteiger charge is -2.26. The molecule has 28 heavy (non-hydrogen) atoms. The van der Waals surface area contributed by atoms with Gasteiger partial charge in [-0.25, -0.2) is 9.69 Å². The van der Waals surface area contributed by atoms with Crippen LogP contribution in [0.15, 0.2) is 50.9 Å². The summed E-state index contributed by atoms with van der Waals surface area (Å²) >= 11 is 3.31. The van der Waals surface area contributed by atoms with E-state index in [4.69, 9.17) is 9.15 Å². The van der Waals surface area contributed by atoms with Crippen molar-refractivity contribution in [2.75, 3.05) is 36.1 Å². The van der Waals surface area contributed by atoms with Gasteiger partial charge in [-0.2, -0.15) is 0 Å². The second kappa shape index (κ2) is 7.61. The molecule has 0 aliphatic carbocycles. The molecule has 2 aliphatic heterocycles. The molecule has 0 saturated carbocycles. The molecule has 2 aromatic rings. The topological polar surface area (TPSA) is 92.1 Å². The first kappa shape index (κ1) is 18.5. The first-order valence-electron chi connectivity index (χ1n) is 8.62. The van der Waals surface area contributed by atoms with Crippen LogP contribution in [-0.2, 0) is 14.3 Å². The van der Waals surface area contributed by atoms with Crippen LogP contribution in [0.2, 0.25) is 0 Å². The standard InChI is InChI=1S/C19H16BrN3O5/c20-12-2-1-3-13(10-12)23-18(25)15(17(24)21-19(23)26)11-14-4-5-16(28-14)22-6-8-27-9-7-22/h1-5,10-11H,6-9H2,(H,21,24,26)/b15-11-. The number of carbonyl (C=O) groups excluding carboxylic acids is 3. The highest BCUT2D eigenvalue weighted by atomic mass is 79.9. The molecule has 1 N–H and O–H groups in total. The summed E-state index contributed by atoms with van der Waals surface area (Å²) in [7, 11) is 0. The fraction of sp³-hybridized carbons (Fsp3) is 0.211. The molecular formula is C19H16BrN3O5. The molecule has 0 unspecified atom stereocenters.